The molecule has 1 aromatic carbocycles. The molecule has 0 saturated carbocycles. The minimum atomic E-state index is 0.559. The van der Waals surface area contributed by atoms with Crippen molar-refractivity contribution in [2.45, 2.75) is 13.0 Å². The van der Waals surface area contributed by atoms with Gasteiger partial charge in [0.05, 0.1) is 0 Å². The van der Waals surface area contributed by atoms with E-state index in [4.69, 9.17) is 5.73 Å². The lowest BCUT2D eigenvalue weighted by Crippen LogP contribution is -2.04. The molecule has 0 fully saturated rings. The van der Waals surface area contributed by atoms with E-state index in [0.717, 1.165) is 27.4 Å². The van der Waals surface area contributed by atoms with Crippen LogP contribution in [-0.2, 0) is 13.0 Å². The normalized spacial score (nSPS) is 10.5. The van der Waals surface area contributed by atoms with Gasteiger partial charge in [0.1, 0.15) is 0 Å². The number of nitrogens with zero attached hydrogens (tertiary/aromatic N) is 1. The molecule has 0 bridgehead atoms. The average molecular weight is 312 g/mol. The second kappa shape index (κ2) is 6.14. The number of anilines is 1. The van der Waals surface area contributed by atoms with Crippen molar-refractivity contribution in [3.63, 3.8) is 0 Å². The first-order chi connectivity index (χ1) is 8.29. The first-order valence-electron chi connectivity index (χ1n) is 5.41. The molecule has 2 aromatic rings. The van der Waals surface area contributed by atoms with Crippen LogP contribution in [0.3, 0.4) is 0 Å². The van der Waals surface area contributed by atoms with E-state index in [2.05, 4.69) is 44.4 Å². The van der Waals surface area contributed by atoms with Crippen molar-refractivity contribution in [1.29, 1.82) is 0 Å². The van der Waals surface area contributed by atoms with Crippen LogP contribution in [0.15, 0.2) is 34.9 Å². The molecular formula is C12H14BrN3S. The van der Waals surface area contributed by atoms with Crippen molar-refractivity contribution in [3.05, 3.63) is 45.4 Å². The second-order valence-corrected chi connectivity index (χ2v) is 5.57. The van der Waals surface area contributed by atoms with Crippen LogP contribution in [-0.4, -0.2) is 11.5 Å². The zero-order valence-electron chi connectivity index (χ0n) is 9.32. The number of nitrogens with one attached hydrogen (secondary N) is 1. The summed E-state index contributed by atoms with van der Waals surface area (Å²) in [5.74, 6) is 0. The van der Waals surface area contributed by atoms with E-state index in [-0.39, 0.29) is 0 Å². The number of rotatable bonds is 5. The fourth-order valence-electron chi connectivity index (χ4n) is 1.49. The number of halogens is 1. The van der Waals surface area contributed by atoms with Crippen LogP contribution >= 0.6 is 27.3 Å². The molecule has 0 aliphatic carbocycles. The maximum Gasteiger partial charge on any atom is 0.182 e. The molecule has 0 aliphatic rings. The molecular weight excluding hydrogens is 298 g/mol. The SMILES string of the molecule is NCc1cnc(NCCc2ccccc2Br)s1. The van der Waals surface area contributed by atoms with Gasteiger partial charge in [0.25, 0.3) is 0 Å². The molecule has 1 aromatic heterocycles. The highest BCUT2D eigenvalue weighted by molar-refractivity contribution is 9.10. The van der Waals surface area contributed by atoms with E-state index < -0.39 is 0 Å². The van der Waals surface area contributed by atoms with Gasteiger partial charge in [-0.05, 0) is 18.1 Å². The van der Waals surface area contributed by atoms with Crippen LogP contribution < -0.4 is 11.1 Å². The third-order valence-corrected chi connectivity index (χ3v) is 4.13. The third kappa shape index (κ3) is 3.52. The molecule has 0 radical (unpaired) electrons. The van der Waals surface area contributed by atoms with E-state index in [1.807, 2.05) is 12.3 Å². The summed E-state index contributed by atoms with van der Waals surface area (Å²) in [7, 11) is 0. The van der Waals surface area contributed by atoms with Gasteiger partial charge < -0.3 is 11.1 Å². The predicted molar refractivity (Wildman–Crippen MR) is 76.3 cm³/mol. The molecule has 0 saturated heterocycles. The molecule has 0 amide bonds. The monoisotopic (exact) mass is 311 g/mol. The van der Waals surface area contributed by atoms with E-state index >= 15 is 0 Å². The highest BCUT2D eigenvalue weighted by atomic mass is 79.9. The summed E-state index contributed by atoms with van der Waals surface area (Å²) < 4.78 is 1.16. The first kappa shape index (κ1) is 12.5. The molecule has 2 rings (SSSR count). The second-order valence-electron chi connectivity index (χ2n) is 3.60. The van der Waals surface area contributed by atoms with E-state index in [1.165, 1.54) is 5.56 Å². The summed E-state index contributed by atoms with van der Waals surface area (Å²) >= 11 is 5.15. The third-order valence-electron chi connectivity index (χ3n) is 2.38. The maximum atomic E-state index is 5.54. The summed E-state index contributed by atoms with van der Waals surface area (Å²) in [6.45, 7) is 1.43. The van der Waals surface area contributed by atoms with Crippen LogP contribution in [0.2, 0.25) is 0 Å². The number of nitrogens with two attached hydrogens (primary N) is 1. The Balaban J connectivity index is 1.85. The van der Waals surface area contributed by atoms with Gasteiger partial charge in [-0.25, -0.2) is 4.98 Å². The van der Waals surface area contributed by atoms with Crippen molar-refractivity contribution >= 4 is 32.4 Å². The zero-order valence-corrected chi connectivity index (χ0v) is 11.7. The van der Waals surface area contributed by atoms with Gasteiger partial charge >= 0.3 is 0 Å². The highest BCUT2D eigenvalue weighted by Crippen LogP contribution is 2.19. The molecule has 1 heterocycles. The van der Waals surface area contributed by atoms with E-state index in [9.17, 15) is 0 Å². The minimum absolute atomic E-state index is 0.559. The van der Waals surface area contributed by atoms with Crippen molar-refractivity contribution in [1.82, 2.24) is 4.98 Å². The Labute approximate surface area is 113 Å². The molecule has 0 spiro atoms. The summed E-state index contributed by atoms with van der Waals surface area (Å²) in [6, 6.07) is 8.26. The fourth-order valence-corrected chi connectivity index (χ4v) is 2.69. The minimum Gasteiger partial charge on any atom is -0.361 e. The smallest absolute Gasteiger partial charge is 0.182 e. The molecule has 3 nitrogen and oxygen atoms in total. The standard InChI is InChI=1S/C12H14BrN3S/c13-11-4-2-1-3-9(11)5-6-15-12-16-8-10(7-14)17-12/h1-4,8H,5-7,14H2,(H,15,16). The maximum absolute atomic E-state index is 5.54. The molecule has 90 valence electrons. The van der Waals surface area contributed by atoms with Gasteiger partial charge in [-0.15, -0.1) is 11.3 Å². The quantitative estimate of drug-likeness (QED) is 0.892. The molecule has 0 unspecified atom stereocenters. The topological polar surface area (TPSA) is 50.9 Å². The molecule has 0 aliphatic heterocycles. The van der Waals surface area contributed by atoms with Crippen LogP contribution in [0.5, 0.6) is 0 Å². The largest absolute Gasteiger partial charge is 0.361 e. The lowest BCUT2D eigenvalue weighted by Gasteiger charge is -2.04. The number of aromatic nitrogens is 1. The lowest BCUT2D eigenvalue weighted by molar-refractivity contribution is 1.01. The first-order valence-corrected chi connectivity index (χ1v) is 7.02. The van der Waals surface area contributed by atoms with Gasteiger partial charge in [0.2, 0.25) is 0 Å². The Bertz CT molecular complexity index is 484. The number of thiazole rings is 1. The van der Waals surface area contributed by atoms with Crippen LogP contribution in [0.4, 0.5) is 5.13 Å². The number of benzene rings is 1. The Morgan fingerprint density at radius 2 is 2.18 bits per heavy atom. The summed E-state index contributed by atoms with van der Waals surface area (Å²) in [5, 5.41) is 4.25. The summed E-state index contributed by atoms with van der Waals surface area (Å²) in [4.78, 5) is 5.36. The number of hydrogen-bond acceptors (Lipinski definition) is 4. The Morgan fingerprint density at radius 3 is 2.88 bits per heavy atom. The van der Waals surface area contributed by atoms with Gasteiger partial charge in [0, 0.05) is 28.6 Å². The van der Waals surface area contributed by atoms with Crippen molar-refractivity contribution in [3.8, 4) is 0 Å². The van der Waals surface area contributed by atoms with Crippen LogP contribution in [0.25, 0.3) is 0 Å². The van der Waals surface area contributed by atoms with E-state index in [0.29, 0.717) is 6.54 Å². The molecule has 17 heavy (non-hydrogen) atoms. The summed E-state index contributed by atoms with van der Waals surface area (Å²) in [5.41, 5.74) is 6.84. The Kier molecular flexibility index (Phi) is 4.53. The molecule has 0 atom stereocenters. The average Bonchev–Trinajstić information content (AvgIpc) is 2.80. The van der Waals surface area contributed by atoms with E-state index in [1.54, 1.807) is 11.3 Å². The number of hydrogen-bond donors (Lipinski definition) is 2. The predicted octanol–water partition coefficient (Wildman–Crippen LogP) is 3.02. The fraction of sp³-hybridized carbons (Fsp3) is 0.250. The Hall–Kier alpha value is -0.910. The van der Waals surface area contributed by atoms with Crippen LogP contribution in [0, 0.1) is 0 Å². The van der Waals surface area contributed by atoms with Crippen molar-refractivity contribution < 1.29 is 0 Å². The van der Waals surface area contributed by atoms with Gasteiger partial charge in [-0.2, -0.15) is 0 Å². The lowest BCUT2D eigenvalue weighted by atomic mass is 10.1. The van der Waals surface area contributed by atoms with Gasteiger partial charge in [-0.1, -0.05) is 34.1 Å². The zero-order chi connectivity index (χ0) is 12.1. The highest BCUT2D eigenvalue weighted by Gasteiger charge is 2.01. The van der Waals surface area contributed by atoms with Gasteiger partial charge in [0.15, 0.2) is 5.13 Å². The van der Waals surface area contributed by atoms with Crippen LogP contribution in [0.1, 0.15) is 10.4 Å². The molecule has 5 heteroatoms. The summed E-state index contributed by atoms with van der Waals surface area (Å²) in [6.07, 6.45) is 2.80. The molecule has 3 N–H and O–H groups in total. The van der Waals surface area contributed by atoms with Crippen molar-refractivity contribution in [2.24, 2.45) is 5.73 Å². The Morgan fingerprint density at radius 1 is 1.35 bits per heavy atom. The van der Waals surface area contributed by atoms with Crippen molar-refractivity contribution in [2.75, 3.05) is 11.9 Å². The van der Waals surface area contributed by atoms with Gasteiger partial charge in [-0.3, -0.25) is 0 Å².